The minimum atomic E-state index is -0.923. The molecule has 10 heteroatoms. The van der Waals surface area contributed by atoms with Gasteiger partial charge in [0.25, 0.3) is 5.91 Å². The van der Waals surface area contributed by atoms with Crippen LogP contribution in [0.3, 0.4) is 0 Å². The van der Waals surface area contributed by atoms with Crippen molar-refractivity contribution in [3.05, 3.63) is 129 Å². The number of hydrogen-bond donors (Lipinski definition) is 0. The quantitative estimate of drug-likeness (QED) is 0.267. The molecule has 234 valence electrons. The van der Waals surface area contributed by atoms with Crippen LogP contribution in [0.1, 0.15) is 64.5 Å². The number of ether oxygens (including phenoxy) is 2. The number of pyridine rings is 1. The van der Waals surface area contributed by atoms with Crippen molar-refractivity contribution in [2.45, 2.75) is 66.9 Å². The molecule has 0 aliphatic carbocycles. The number of fused-ring (bicyclic) bond motifs is 6. The summed E-state index contributed by atoms with van der Waals surface area (Å²) in [7, 11) is 0. The summed E-state index contributed by atoms with van der Waals surface area (Å²) in [5, 5.41) is 2.13. The van der Waals surface area contributed by atoms with Crippen LogP contribution in [0.2, 0.25) is 0 Å². The molecule has 46 heavy (non-hydrogen) atoms. The van der Waals surface area contributed by atoms with Crippen LogP contribution in [0.15, 0.2) is 88.7 Å². The Kier molecular flexibility index (Phi) is 6.37. The lowest BCUT2D eigenvalue weighted by Gasteiger charge is -2.57. The van der Waals surface area contributed by atoms with Crippen LogP contribution >= 0.6 is 11.8 Å². The molecule has 3 aromatic carbocycles. The average Bonchev–Trinajstić information content (AvgIpc) is 3.61. The normalized spacial score (nSPS) is 27.3. The van der Waals surface area contributed by atoms with E-state index in [9.17, 15) is 14.0 Å². The van der Waals surface area contributed by atoms with E-state index < -0.39 is 29.3 Å². The first kappa shape index (κ1) is 28.1. The van der Waals surface area contributed by atoms with Gasteiger partial charge >= 0.3 is 0 Å². The van der Waals surface area contributed by atoms with Gasteiger partial charge in [0.2, 0.25) is 5.43 Å². The number of carbonyl (C=O) groups is 1. The minimum absolute atomic E-state index is 0.0120. The number of halogens is 2. The fourth-order valence-electron chi connectivity index (χ4n) is 8.50. The minimum Gasteiger partial charge on any atom is -0.482 e. The Morgan fingerprint density at radius 1 is 0.957 bits per heavy atom. The topological polar surface area (TPSA) is 64.0 Å². The predicted molar refractivity (Wildman–Crippen MR) is 168 cm³/mol. The van der Waals surface area contributed by atoms with E-state index in [1.807, 2.05) is 59.5 Å². The van der Waals surface area contributed by atoms with E-state index in [-0.39, 0.29) is 41.6 Å². The fraction of sp³-hybridized carbons (Fsp3) is 0.333. The molecule has 1 spiro atoms. The Bertz CT molecular complexity index is 1950. The van der Waals surface area contributed by atoms with Crippen molar-refractivity contribution >= 4 is 17.7 Å². The van der Waals surface area contributed by atoms with Gasteiger partial charge in [-0.15, -0.1) is 11.8 Å². The summed E-state index contributed by atoms with van der Waals surface area (Å²) in [6.07, 6.45) is 4.72. The molecule has 5 atom stereocenters. The Morgan fingerprint density at radius 2 is 1.76 bits per heavy atom. The molecule has 0 saturated carbocycles. The largest absolute Gasteiger partial charge is 0.482 e. The van der Waals surface area contributed by atoms with Crippen molar-refractivity contribution in [2.75, 3.05) is 11.6 Å². The second-order valence-electron chi connectivity index (χ2n) is 12.9. The number of hydrogen-bond acceptors (Lipinski definition) is 6. The van der Waals surface area contributed by atoms with Gasteiger partial charge in [0, 0.05) is 35.4 Å². The van der Waals surface area contributed by atoms with Gasteiger partial charge in [-0.3, -0.25) is 19.3 Å². The van der Waals surface area contributed by atoms with E-state index in [1.54, 1.807) is 22.6 Å². The van der Waals surface area contributed by atoms with E-state index in [0.717, 1.165) is 35.3 Å². The van der Waals surface area contributed by atoms with Crippen LogP contribution < -0.4 is 15.2 Å². The van der Waals surface area contributed by atoms with E-state index >= 15 is 4.39 Å². The summed E-state index contributed by atoms with van der Waals surface area (Å²) < 4.78 is 44.6. The van der Waals surface area contributed by atoms with Gasteiger partial charge in [-0.25, -0.2) is 8.78 Å². The first-order chi connectivity index (χ1) is 22.4. The highest BCUT2D eigenvalue weighted by Crippen LogP contribution is 2.57. The van der Waals surface area contributed by atoms with Gasteiger partial charge in [0.1, 0.15) is 12.8 Å². The first-order valence-corrected chi connectivity index (χ1v) is 16.8. The summed E-state index contributed by atoms with van der Waals surface area (Å²) in [5.74, 6) is -1.66. The molecule has 0 N–H and O–H groups in total. The molecule has 7 nitrogen and oxygen atoms in total. The number of benzene rings is 3. The van der Waals surface area contributed by atoms with Crippen LogP contribution in [0, 0.1) is 17.6 Å². The lowest BCUT2D eigenvalue weighted by molar-refractivity contribution is -0.0757. The first-order valence-electron chi connectivity index (χ1n) is 15.8. The van der Waals surface area contributed by atoms with Crippen molar-refractivity contribution in [3.63, 3.8) is 0 Å². The zero-order valence-corrected chi connectivity index (χ0v) is 25.7. The maximum Gasteiger partial charge on any atom is 0.278 e. The van der Waals surface area contributed by atoms with Gasteiger partial charge in [0.05, 0.1) is 17.7 Å². The zero-order valence-electron chi connectivity index (χ0n) is 24.9. The lowest BCUT2D eigenvalue weighted by atomic mass is 9.71. The van der Waals surface area contributed by atoms with Gasteiger partial charge in [-0.2, -0.15) is 0 Å². The molecule has 1 amide bonds. The van der Waals surface area contributed by atoms with Crippen molar-refractivity contribution < 1.29 is 23.0 Å². The highest BCUT2D eigenvalue weighted by Gasteiger charge is 2.63. The summed E-state index contributed by atoms with van der Waals surface area (Å²) in [4.78, 5) is 31.0. The van der Waals surface area contributed by atoms with Crippen LogP contribution in [0.5, 0.6) is 5.75 Å². The van der Waals surface area contributed by atoms with Crippen molar-refractivity contribution in [1.29, 1.82) is 0 Å². The Hall–Kier alpha value is -4.15. The summed E-state index contributed by atoms with van der Waals surface area (Å²) >= 11 is 1.58. The number of amides is 1. The number of aromatic nitrogens is 1. The summed E-state index contributed by atoms with van der Waals surface area (Å²) in [5.41, 5.74) is 2.49. The number of piperidine rings is 1. The fourth-order valence-corrected chi connectivity index (χ4v) is 9.58. The third kappa shape index (κ3) is 4.12. The summed E-state index contributed by atoms with van der Waals surface area (Å²) in [6.45, 7) is 0.555. The Labute approximate surface area is 268 Å². The molecule has 6 heterocycles. The molecule has 1 unspecified atom stereocenters. The molecule has 5 aliphatic rings. The third-order valence-electron chi connectivity index (χ3n) is 10.5. The number of carbonyl (C=O) groups excluding carboxylic acids is 1. The third-order valence-corrected chi connectivity index (χ3v) is 11.7. The molecule has 1 aromatic heterocycles. The van der Waals surface area contributed by atoms with Gasteiger partial charge in [0.15, 0.2) is 23.1 Å². The van der Waals surface area contributed by atoms with Crippen LogP contribution in [0.4, 0.5) is 8.78 Å². The lowest BCUT2D eigenvalue weighted by Crippen LogP contribution is -2.70. The average molecular weight is 640 g/mol. The molecular formula is C36H31F2N3O4S. The van der Waals surface area contributed by atoms with E-state index in [0.29, 0.717) is 29.8 Å². The van der Waals surface area contributed by atoms with Gasteiger partial charge < -0.3 is 14.4 Å². The SMILES string of the molecule is O=C1c2c(OCc3ccccc3)c(=O)ccn2N(C2c3cc(F)c(F)cc3CSc3ccccc32)[C@@H]2[C@H]3C[C@@H]4CC[C@@]3(CCN12)O4. The van der Waals surface area contributed by atoms with Crippen LogP contribution in [0.25, 0.3) is 0 Å². The standard InChI is InChI=1S/C36H31F2N3O4S/c37-27-16-22-20-46-30-9-5-4-8-24(30)31(25(22)18-28(27)38)41-34-26-17-23-10-12-36(26,45-23)13-15-39(34)35(43)32-33(29(42)11-14-40(32)41)44-19-21-6-2-1-3-7-21/h1-9,11,14,16,18,23,26,31,34H,10,12-13,15,17,19-20H2/t23-,26+,31?,34+,36-/m0/s1. The van der Waals surface area contributed by atoms with Crippen LogP contribution in [-0.4, -0.2) is 39.9 Å². The molecule has 4 aromatic rings. The predicted octanol–water partition coefficient (Wildman–Crippen LogP) is 6.16. The number of rotatable bonds is 4. The highest BCUT2D eigenvalue weighted by atomic mass is 32.2. The molecule has 9 rings (SSSR count). The highest BCUT2D eigenvalue weighted by molar-refractivity contribution is 7.98. The summed E-state index contributed by atoms with van der Waals surface area (Å²) in [6, 6.07) is 20.9. The van der Waals surface area contributed by atoms with Crippen molar-refractivity contribution in [2.24, 2.45) is 5.92 Å². The molecule has 5 aliphatic heterocycles. The van der Waals surface area contributed by atoms with Crippen molar-refractivity contribution in [3.8, 4) is 5.75 Å². The van der Waals surface area contributed by atoms with E-state index in [2.05, 4.69) is 5.01 Å². The van der Waals surface area contributed by atoms with Crippen molar-refractivity contribution in [1.82, 2.24) is 9.58 Å². The Balaban J connectivity index is 1.29. The second-order valence-corrected chi connectivity index (χ2v) is 13.9. The smallest absolute Gasteiger partial charge is 0.278 e. The second kappa shape index (κ2) is 10.4. The number of thioether (sulfide) groups is 1. The molecule has 3 fully saturated rings. The molecular weight excluding hydrogens is 608 g/mol. The van der Waals surface area contributed by atoms with E-state index in [4.69, 9.17) is 9.47 Å². The molecule has 0 radical (unpaired) electrons. The number of nitrogens with zero attached hydrogens (tertiary/aromatic N) is 3. The van der Waals surface area contributed by atoms with Crippen LogP contribution in [-0.2, 0) is 17.1 Å². The van der Waals surface area contributed by atoms with Gasteiger partial charge in [-0.1, -0.05) is 48.5 Å². The maximum atomic E-state index is 15.2. The molecule has 2 bridgehead atoms. The molecule has 3 saturated heterocycles. The zero-order chi connectivity index (χ0) is 31.2. The maximum absolute atomic E-state index is 15.2. The van der Waals surface area contributed by atoms with Gasteiger partial charge in [-0.05, 0) is 66.1 Å². The Morgan fingerprint density at radius 3 is 2.61 bits per heavy atom. The van der Waals surface area contributed by atoms with E-state index in [1.165, 1.54) is 18.2 Å². The monoisotopic (exact) mass is 639 g/mol.